The number of halogens is 1. The number of hydrogen-bond donors (Lipinski definition) is 0. The molecule has 1 nitrogen and oxygen atoms in total. The molecule has 1 aromatic heterocycles. The lowest BCUT2D eigenvalue weighted by Gasteiger charge is -1.99. The summed E-state index contributed by atoms with van der Waals surface area (Å²) in [5, 5.41) is 0. The minimum atomic E-state index is -0.00639. The Hall–Kier alpha value is -1.12. The lowest BCUT2D eigenvalue weighted by molar-refractivity contribution is 0.102. The Morgan fingerprint density at radius 3 is 2.47 bits per heavy atom. The zero-order valence-corrected chi connectivity index (χ0v) is 11.1. The molecule has 2 rings (SSSR count). The molecule has 0 aliphatic rings. The molecule has 0 unspecified atom stereocenters. The van der Waals surface area contributed by atoms with E-state index in [-0.39, 0.29) is 11.7 Å². The van der Waals surface area contributed by atoms with E-state index in [1.54, 1.807) is 0 Å². The molecule has 2 aromatic rings. The molecule has 1 heterocycles. The second-order valence-electron chi connectivity index (χ2n) is 3.77. The monoisotopic (exact) mass is 264 g/mol. The van der Waals surface area contributed by atoms with Crippen molar-refractivity contribution in [1.82, 2.24) is 0 Å². The Bertz CT molecular complexity index is 513. The van der Waals surface area contributed by atoms with Gasteiger partial charge in [0.2, 0.25) is 0 Å². The molecular formula is C14H13ClOS. The van der Waals surface area contributed by atoms with Crippen LogP contribution in [0.25, 0.3) is 10.4 Å². The number of rotatable bonds is 4. The highest BCUT2D eigenvalue weighted by atomic mass is 35.5. The molecule has 3 heteroatoms. The van der Waals surface area contributed by atoms with Gasteiger partial charge >= 0.3 is 0 Å². The number of thiophene rings is 1. The van der Waals surface area contributed by atoms with Crippen LogP contribution < -0.4 is 0 Å². The van der Waals surface area contributed by atoms with Gasteiger partial charge in [-0.05, 0) is 29.7 Å². The topological polar surface area (TPSA) is 17.1 Å². The predicted molar refractivity (Wildman–Crippen MR) is 74.2 cm³/mol. The minimum absolute atomic E-state index is 0.00639. The zero-order chi connectivity index (χ0) is 12.3. The van der Waals surface area contributed by atoms with E-state index in [0.717, 1.165) is 21.7 Å². The summed E-state index contributed by atoms with van der Waals surface area (Å²) in [7, 11) is 0. The van der Waals surface area contributed by atoms with Crippen molar-refractivity contribution in [3.63, 3.8) is 0 Å². The molecule has 0 spiro atoms. The van der Waals surface area contributed by atoms with E-state index >= 15 is 0 Å². The quantitative estimate of drug-likeness (QED) is 0.591. The second kappa shape index (κ2) is 5.48. The van der Waals surface area contributed by atoms with Crippen LogP contribution in [0.4, 0.5) is 0 Å². The normalized spacial score (nSPS) is 10.5. The molecule has 0 bridgehead atoms. The van der Waals surface area contributed by atoms with Crippen molar-refractivity contribution in [2.45, 2.75) is 13.3 Å². The Balaban J connectivity index is 2.27. The van der Waals surface area contributed by atoms with Crippen molar-refractivity contribution >= 4 is 28.7 Å². The van der Waals surface area contributed by atoms with Crippen molar-refractivity contribution in [3.8, 4) is 10.4 Å². The van der Waals surface area contributed by atoms with Gasteiger partial charge in [0, 0.05) is 4.88 Å². The lowest BCUT2D eigenvalue weighted by Crippen LogP contribution is -1.95. The third-order valence-corrected chi connectivity index (χ3v) is 4.07. The van der Waals surface area contributed by atoms with Crippen molar-refractivity contribution in [3.05, 3.63) is 46.8 Å². The van der Waals surface area contributed by atoms with Crippen LogP contribution in [0.15, 0.2) is 36.4 Å². The largest absolute Gasteiger partial charge is 0.292 e. The van der Waals surface area contributed by atoms with E-state index in [1.165, 1.54) is 16.9 Å². The number of alkyl halides is 1. The molecule has 1 aromatic carbocycles. The van der Waals surface area contributed by atoms with Gasteiger partial charge in [0.25, 0.3) is 0 Å². The maximum atomic E-state index is 11.4. The summed E-state index contributed by atoms with van der Waals surface area (Å²) in [6.07, 6.45) is 1.04. The fraction of sp³-hybridized carbons (Fsp3) is 0.214. The highest BCUT2D eigenvalue weighted by molar-refractivity contribution is 7.17. The molecular weight excluding hydrogens is 252 g/mol. The van der Waals surface area contributed by atoms with Crippen LogP contribution in [0.1, 0.15) is 22.2 Å². The van der Waals surface area contributed by atoms with Crippen LogP contribution >= 0.6 is 22.9 Å². The average Bonchev–Trinajstić information content (AvgIpc) is 2.87. The third kappa shape index (κ3) is 2.76. The minimum Gasteiger partial charge on any atom is -0.292 e. The fourth-order valence-electron chi connectivity index (χ4n) is 1.61. The molecule has 0 saturated carbocycles. The number of carbonyl (C=O) groups excluding carboxylic acids is 1. The molecule has 0 atom stereocenters. The van der Waals surface area contributed by atoms with E-state index in [1.807, 2.05) is 12.1 Å². The number of aryl methyl sites for hydroxylation is 1. The summed E-state index contributed by atoms with van der Waals surface area (Å²) in [5.74, 6) is 0.0439. The van der Waals surface area contributed by atoms with Gasteiger partial charge in [0.05, 0.1) is 10.8 Å². The number of ketones is 1. The first-order chi connectivity index (χ1) is 8.24. The Morgan fingerprint density at radius 2 is 1.88 bits per heavy atom. The maximum absolute atomic E-state index is 11.4. The number of carbonyl (C=O) groups is 1. The van der Waals surface area contributed by atoms with Gasteiger partial charge in [-0.25, -0.2) is 0 Å². The van der Waals surface area contributed by atoms with Gasteiger partial charge in [0.15, 0.2) is 5.78 Å². The predicted octanol–water partition coefficient (Wildman–Crippen LogP) is 4.40. The Labute approximate surface area is 110 Å². The summed E-state index contributed by atoms with van der Waals surface area (Å²) < 4.78 is 0. The first-order valence-corrected chi connectivity index (χ1v) is 6.88. The summed E-state index contributed by atoms with van der Waals surface area (Å²) in [5.41, 5.74) is 2.48. The van der Waals surface area contributed by atoms with Gasteiger partial charge in [-0.15, -0.1) is 22.9 Å². The maximum Gasteiger partial charge on any atom is 0.187 e. The van der Waals surface area contributed by atoms with E-state index in [0.29, 0.717) is 0 Å². The van der Waals surface area contributed by atoms with Gasteiger partial charge in [-0.1, -0.05) is 31.2 Å². The van der Waals surface area contributed by atoms with Crippen molar-refractivity contribution in [2.75, 3.05) is 5.88 Å². The fourth-order valence-corrected chi connectivity index (χ4v) is 2.79. The van der Waals surface area contributed by atoms with Crippen LogP contribution in [-0.2, 0) is 6.42 Å². The van der Waals surface area contributed by atoms with E-state index < -0.39 is 0 Å². The number of hydrogen-bond acceptors (Lipinski definition) is 2. The molecule has 0 amide bonds. The molecule has 0 N–H and O–H groups in total. The van der Waals surface area contributed by atoms with Gasteiger partial charge in [-0.3, -0.25) is 4.79 Å². The highest BCUT2D eigenvalue weighted by Crippen LogP contribution is 2.28. The van der Waals surface area contributed by atoms with Crippen molar-refractivity contribution < 1.29 is 4.79 Å². The van der Waals surface area contributed by atoms with Gasteiger partial charge in [-0.2, -0.15) is 0 Å². The van der Waals surface area contributed by atoms with E-state index in [2.05, 4.69) is 31.2 Å². The zero-order valence-electron chi connectivity index (χ0n) is 9.57. The second-order valence-corrected chi connectivity index (χ2v) is 5.12. The van der Waals surface area contributed by atoms with E-state index in [9.17, 15) is 4.79 Å². The van der Waals surface area contributed by atoms with Crippen LogP contribution in [0.2, 0.25) is 0 Å². The van der Waals surface area contributed by atoms with Crippen molar-refractivity contribution in [1.29, 1.82) is 0 Å². The molecule has 0 radical (unpaired) electrons. The average molecular weight is 265 g/mol. The van der Waals surface area contributed by atoms with Crippen LogP contribution in [0, 0.1) is 0 Å². The first-order valence-electron chi connectivity index (χ1n) is 5.53. The summed E-state index contributed by atoms with van der Waals surface area (Å²) in [6.45, 7) is 2.14. The van der Waals surface area contributed by atoms with E-state index in [4.69, 9.17) is 11.6 Å². The van der Waals surface area contributed by atoms with Crippen molar-refractivity contribution in [2.24, 2.45) is 0 Å². The Morgan fingerprint density at radius 1 is 1.18 bits per heavy atom. The summed E-state index contributed by atoms with van der Waals surface area (Å²) in [4.78, 5) is 13.3. The molecule has 0 fully saturated rings. The smallest absolute Gasteiger partial charge is 0.187 e. The summed E-state index contributed by atoms with van der Waals surface area (Å²) in [6, 6.07) is 12.3. The number of Topliss-reactive ketones (excluding diaryl/α,β-unsaturated/α-hetero) is 1. The Kier molecular flexibility index (Phi) is 3.97. The standard InChI is InChI=1S/C14H13ClOS/c1-2-10-3-5-11(6-4-10)13-7-8-14(17-13)12(16)9-15/h3-8H,2,9H2,1H3. The molecule has 0 saturated heterocycles. The molecule has 88 valence electrons. The molecule has 0 aliphatic carbocycles. The van der Waals surface area contributed by atoms with Gasteiger partial charge < -0.3 is 0 Å². The van der Waals surface area contributed by atoms with Crippen LogP contribution in [-0.4, -0.2) is 11.7 Å². The molecule has 17 heavy (non-hydrogen) atoms. The third-order valence-electron chi connectivity index (χ3n) is 2.65. The van der Waals surface area contributed by atoms with Crippen LogP contribution in [0.3, 0.4) is 0 Å². The number of benzene rings is 1. The first kappa shape index (κ1) is 12.3. The molecule has 0 aliphatic heterocycles. The van der Waals surface area contributed by atoms with Gasteiger partial charge in [0.1, 0.15) is 0 Å². The highest BCUT2D eigenvalue weighted by Gasteiger charge is 2.08. The van der Waals surface area contributed by atoms with Crippen LogP contribution in [0.5, 0.6) is 0 Å². The lowest BCUT2D eigenvalue weighted by atomic mass is 10.1. The summed E-state index contributed by atoms with van der Waals surface area (Å²) >= 11 is 7.04. The SMILES string of the molecule is CCc1ccc(-c2ccc(C(=O)CCl)s2)cc1.